The maximum absolute atomic E-state index is 12.5. The third-order valence-electron chi connectivity index (χ3n) is 5.84. The molecule has 1 aliphatic heterocycles. The number of nitrogens with zero attached hydrogens (tertiary/aromatic N) is 5. The average Bonchev–Trinajstić information content (AvgIpc) is 3.30. The molecule has 0 atom stereocenters. The third kappa shape index (κ3) is 6.35. The Morgan fingerprint density at radius 3 is 2.52 bits per heavy atom. The number of halogens is 1. The van der Waals surface area contributed by atoms with Crippen molar-refractivity contribution in [3.8, 4) is 5.69 Å². The number of rotatable bonds is 8. The fraction of sp³-hybridized carbons (Fsp3) is 0.375. The van der Waals surface area contributed by atoms with E-state index in [1.807, 2.05) is 41.8 Å². The van der Waals surface area contributed by atoms with E-state index in [-0.39, 0.29) is 11.7 Å². The number of hydrogen-bond donors (Lipinski definition) is 1. The number of carbonyl (C=O) groups excluding carboxylic acids is 1. The molecule has 9 heteroatoms. The summed E-state index contributed by atoms with van der Waals surface area (Å²) in [7, 11) is 0. The van der Waals surface area contributed by atoms with Gasteiger partial charge in [0.15, 0.2) is 5.16 Å². The Hall–Kier alpha value is -2.39. The quantitative estimate of drug-likeness (QED) is 0.485. The van der Waals surface area contributed by atoms with Crippen molar-refractivity contribution < 1.29 is 4.79 Å². The lowest BCUT2D eigenvalue weighted by molar-refractivity contribution is -0.113. The number of anilines is 1. The number of aryl methyl sites for hydroxylation is 1. The first-order chi connectivity index (χ1) is 16.0. The van der Waals surface area contributed by atoms with E-state index in [1.54, 1.807) is 6.33 Å². The standard InChI is InChI=1S/C24H29ClN6OS/c1-3-29-10-12-30(13-11-29)15-19-5-7-20(8-6-19)27-23(32)16-33-24-28-26-17-31(24)21-9-4-18(2)22(25)14-21/h4-9,14,17H,3,10-13,15-16H2,1-2H3,(H,27,32). The van der Waals surface area contributed by atoms with Crippen LogP contribution in [0, 0.1) is 6.92 Å². The topological polar surface area (TPSA) is 66.3 Å². The van der Waals surface area contributed by atoms with Crippen molar-refractivity contribution in [2.45, 2.75) is 25.5 Å². The van der Waals surface area contributed by atoms with E-state index in [4.69, 9.17) is 11.6 Å². The molecule has 1 amide bonds. The summed E-state index contributed by atoms with van der Waals surface area (Å²) in [5.41, 5.74) is 3.93. The summed E-state index contributed by atoms with van der Waals surface area (Å²) in [4.78, 5) is 17.4. The number of thioether (sulfide) groups is 1. The second kappa shape index (κ2) is 11.2. The lowest BCUT2D eigenvalue weighted by Gasteiger charge is -2.34. The molecule has 2 heterocycles. The van der Waals surface area contributed by atoms with Crippen molar-refractivity contribution in [1.82, 2.24) is 24.6 Å². The molecule has 1 saturated heterocycles. The van der Waals surface area contributed by atoms with Gasteiger partial charge in [-0.25, -0.2) is 0 Å². The summed E-state index contributed by atoms with van der Waals surface area (Å²) in [6, 6.07) is 13.9. The number of carbonyl (C=O) groups is 1. The molecule has 4 rings (SSSR count). The molecule has 3 aromatic rings. The van der Waals surface area contributed by atoms with Gasteiger partial charge in [-0.3, -0.25) is 14.3 Å². The van der Waals surface area contributed by atoms with Gasteiger partial charge in [-0.1, -0.05) is 48.5 Å². The Kier molecular flexibility index (Phi) is 8.03. The summed E-state index contributed by atoms with van der Waals surface area (Å²) < 4.78 is 1.83. The maximum Gasteiger partial charge on any atom is 0.234 e. The van der Waals surface area contributed by atoms with Crippen molar-refractivity contribution in [2.75, 3.05) is 43.8 Å². The van der Waals surface area contributed by atoms with Gasteiger partial charge >= 0.3 is 0 Å². The van der Waals surface area contributed by atoms with Gasteiger partial charge < -0.3 is 10.2 Å². The summed E-state index contributed by atoms with van der Waals surface area (Å²) in [5.74, 6) is 0.154. The lowest BCUT2D eigenvalue weighted by atomic mass is 10.1. The van der Waals surface area contributed by atoms with E-state index in [0.717, 1.165) is 56.2 Å². The second-order valence-electron chi connectivity index (χ2n) is 8.16. The molecule has 0 saturated carbocycles. The Morgan fingerprint density at radius 2 is 1.82 bits per heavy atom. The molecule has 1 aromatic heterocycles. The molecule has 0 spiro atoms. The highest BCUT2D eigenvalue weighted by Gasteiger charge is 2.15. The Balaban J connectivity index is 1.28. The van der Waals surface area contributed by atoms with Crippen LogP contribution >= 0.6 is 23.4 Å². The summed E-state index contributed by atoms with van der Waals surface area (Å²) in [6.45, 7) is 10.7. The molecule has 7 nitrogen and oxygen atoms in total. The molecule has 2 aromatic carbocycles. The van der Waals surface area contributed by atoms with Crippen LogP contribution in [0.3, 0.4) is 0 Å². The van der Waals surface area contributed by atoms with Crippen LogP contribution in [0.25, 0.3) is 5.69 Å². The molecular formula is C24H29ClN6OS. The van der Waals surface area contributed by atoms with Crippen LogP contribution < -0.4 is 5.32 Å². The molecular weight excluding hydrogens is 456 g/mol. The molecule has 1 fully saturated rings. The van der Waals surface area contributed by atoms with E-state index >= 15 is 0 Å². The number of amides is 1. The summed E-state index contributed by atoms with van der Waals surface area (Å²) in [6.07, 6.45) is 1.63. The molecule has 0 bridgehead atoms. The minimum Gasteiger partial charge on any atom is -0.325 e. The molecule has 0 unspecified atom stereocenters. The number of aromatic nitrogens is 3. The highest BCUT2D eigenvalue weighted by Crippen LogP contribution is 2.24. The largest absolute Gasteiger partial charge is 0.325 e. The summed E-state index contributed by atoms with van der Waals surface area (Å²) in [5, 5.41) is 12.4. The van der Waals surface area contributed by atoms with Gasteiger partial charge in [0, 0.05) is 43.4 Å². The van der Waals surface area contributed by atoms with Crippen LogP contribution in [-0.4, -0.2) is 68.9 Å². The zero-order valence-corrected chi connectivity index (χ0v) is 20.6. The lowest BCUT2D eigenvalue weighted by Crippen LogP contribution is -2.45. The van der Waals surface area contributed by atoms with Crippen molar-refractivity contribution in [2.24, 2.45) is 0 Å². The van der Waals surface area contributed by atoms with Gasteiger partial charge in [0.1, 0.15) is 6.33 Å². The van der Waals surface area contributed by atoms with E-state index < -0.39 is 0 Å². The van der Waals surface area contributed by atoms with Gasteiger partial charge in [-0.15, -0.1) is 10.2 Å². The van der Waals surface area contributed by atoms with Gasteiger partial charge in [0.05, 0.1) is 11.4 Å². The molecule has 1 N–H and O–H groups in total. The first-order valence-electron chi connectivity index (χ1n) is 11.1. The first-order valence-corrected chi connectivity index (χ1v) is 12.5. The van der Waals surface area contributed by atoms with E-state index in [0.29, 0.717) is 10.2 Å². The second-order valence-corrected chi connectivity index (χ2v) is 9.51. The van der Waals surface area contributed by atoms with Crippen LogP contribution in [0.5, 0.6) is 0 Å². The monoisotopic (exact) mass is 484 g/mol. The number of benzene rings is 2. The predicted molar refractivity (Wildman–Crippen MR) is 134 cm³/mol. The molecule has 0 radical (unpaired) electrons. The number of nitrogens with one attached hydrogen (secondary N) is 1. The van der Waals surface area contributed by atoms with Crippen LogP contribution in [0.4, 0.5) is 5.69 Å². The van der Waals surface area contributed by atoms with E-state index in [1.165, 1.54) is 17.3 Å². The average molecular weight is 485 g/mol. The van der Waals surface area contributed by atoms with Gasteiger partial charge in [0.25, 0.3) is 0 Å². The van der Waals surface area contributed by atoms with Gasteiger partial charge in [-0.05, 0) is 48.9 Å². The van der Waals surface area contributed by atoms with Crippen LogP contribution in [0.2, 0.25) is 5.02 Å². The van der Waals surface area contributed by atoms with Crippen molar-refractivity contribution in [1.29, 1.82) is 0 Å². The smallest absolute Gasteiger partial charge is 0.234 e. The Bertz CT molecular complexity index is 1080. The highest BCUT2D eigenvalue weighted by atomic mass is 35.5. The number of likely N-dealkylation sites (N-methyl/N-ethyl adjacent to an activating group) is 1. The zero-order valence-electron chi connectivity index (χ0n) is 19.0. The minimum atomic E-state index is -0.0834. The molecule has 1 aliphatic rings. The summed E-state index contributed by atoms with van der Waals surface area (Å²) >= 11 is 7.59. The highest BCUT2D eigenvalue weighted by molar-refractivity contribution is 7.99. The zero-order chi connectivity index (χ0) is 23.2. The van der Waals surface area contributed by atoms with Crippen LogP contribution in [0.15, 0.2) is 53.9 Å². The SMILES string of the molecule is CCN1CCN(Cc2ccc(NC(=O)CSc3nncn3-c3ccc(C)c(Cl)c3)cc2)CC1. The van der Waals surface area contributed by atoms with E-state index in [9.17, 15) is 4.79 Å². The van der Waals surface area contributed by atoms with Gasteiger partial charge in [-0.2, -0.15) is 0 Å². The Labute approximate surface area is 204 Å². The third-order valence-corrected chi connectivity index (χ3v) is 7.19. The van der Waals surface area contributed by atoms with E-state index in [2.05, 4.69) is 44.4 Å². The molecule has 33 heavy (non-hydrogen) atoms. The molecule has 0 aliphatic carbocycles. The minimum absolute atomic E-state index is 0.0834. The van der Waals surface area contributed by atoms with Crippen molar-refractivity contribution in [3.63, 3.8) is 0 Å². The van der Waals surface area contributed by atoms with Crippen molar-refractivity contribution >= 4 is 35.0 Å². The normalized spacial score (nSPS) is 15.0. The fourth-order valence-electron chi connectivity index (χ4n) is 3.77. The van der Waals surface area contributed by atoms with Crippen LogP contribution in [0.1, 0.15) is 18.1 Å². The number of piperazine rings is 1. The van der Waals surface area contributed by atoms with Crippen LogP contribution in [-0.2, 0) is 11.3 Å². The predicted octanol–water partition coefficient (Wildman–Crippen LogP) is 4.10. The maximum atomic E-state index is 12.5. The Morgan fingerprint density at radius 1 is 1.09 bits per heavy atom. The number of hydrogen-bond acceptors (Lipinski definition) is 6. The first kappa shape index (κ1) is 23.8. The van der Waals surface area contributed by atoms with Crippen molar-refractivity contribution in [3.05, 3.63) is 64.9 Å². The fourth-order valence-corrected chi connectivity index (χ4v) is 4.68. The van der Waals surface area contributed by atoms with Gasteiger partial charge in [0.2, 0.25) is 5.91 Å². The molecule has 174 valence electrons.